The summed E-state index contributed by atoms with van der Waals surface area (Å²) in [5.74, 6) is -0.195. The molecule has 2 N–H and O–H groups in total. The first-order valence-corrected chi connectivity index (χ1v) is 13.2. The maximum Gasteiger partial charge on any atom is 0.419 e. The molecule has 0 aliphatic carbocycles. The largest absolute Gasteiger partial charge is 0.443 e. The van der Waals surface area contributed by atoms with Crippen LogP contribution in [-0.2, 0) is 24.2 Å². The first kappa shape index (κ1) is 24.6. The SMILES string of the molecule is CC(C)(C)OC(=O)n1c(-c2ccc(Cl)c3c2C(=O)NC3)cc2cc(CNCCc3cccs3)ccc21. The van der Waals surface area contributed by atoms with E-state index < -0.39 is 11.7 Å². The van der Waals surface area contributed by atoms with Crippen molar-refractivity contribution >= 4 is 45.8 Å². The van der Waals surface area contributed by atoms with E-state index in [9.17, 15) is 9.59 Å². The summed E-state index contributed by atoms with van der Waals surface area (Å²) in [6, 6.07) is 15.8. The molecular formula is C28H28ClN3O3S. The Balaban J connectivity index is 1.52. The first-order valence-electron chi connectivity index (χ1n) is 11.9. The number of ether oxygens (including phenoxy) is 1. The van der Waals surface area contributed by atoms with Gasteiger partial charge in [-0.05, 0) is 68.5 Å². The summed E-state index contributed by atoms with van der Waals surface area (Å²) < 4.78 is 7.31. The van der Waals surface area contributed by atoms with Crippen LogP contribution in [0.1, 0.15) is 47.1 Å². The fourth-order valence-electron chi connectivity index (χ4n) is 4.50. The normalized spacial score (nSPS) is 13.2. The van der Waals surface area contributed by atoms with Gasteiger partial charge in [0.25, 0.3) is 5.91 Å². The summed E-state index contributed by atoms with van der Waals surface area (Å²) in [7, 11) is 0. The van der Waals surface area contributed by atoms with Gasteiger partial charge in [-0.3, -0.25) is 4.79 Å². The molecule has 8 heteroatoms. The van der Waals surface area contributed by atoms with Crippen LogP contribution in [-0.4, -0.2) is 28.7 Å². The van der Waals surface area contributed by atoms with E-state index in [1.54, 1.807) is 28.0 Å². The molecule has 0 atom stereocenters. The topological polar surface area (TPSA) is 72.4 Å². The van der Waals surface area contributed by atoms with Crippen LogP contribution in [0.3, 0.4) is 0 Å². The number of hydrogen-bond acceptors (Lipinski definition) is 5. The van der Waals surface area contributed by atoms with E-state index in [4.69, 9.17) is 16.3 Å². The summed E-state index contributed by atoms with van der Waals surface area (Å²) in [5, 5.41) is 9.87. The third kappa shape index (κ3) is 4.91. The third-order valence-electron chi connectivity index (χ3n) is 6.08. The van der Waals surface area contributed by atoms with Crippen LogP contribution in [0, 0.1) is 0 Å². The van der Waals surface area contributed by atoms with Gasteiger partial charge in [-0.1, -0.05) is 29.8 Å². The number of nitrogens with zero attached hydrogens (tertiary/aromatic N) is 1. The minimum atomic E-state index is -0.670. The number of amides is 1. The van der Waals surface area contributed by atoms with Gasteiger partial charge in [0.15, 0.2) is 0 Å². The zero-order valence-corrected chi connectivity index (χ0v) is 22.1. The van der Waals surface area contributed by atoms with Crippen molar-refractivity contribution in [2.24, 2.45) is 0 Å². The molecule has 0 unspecified atom stereocenters. The number of halogens is 1. The second kappa shape index (κ2) is 9.73. The highest BCUT2D eigenvalue weighted by atomic mass is 35.5. The molecule has 5 rings (SSSR count). The second-order valence-electron chi connectivity index (χ2n) is 9.88. The second-order valence-corrected chi connectivity index (χ2v) is 11.3. The molecular weight excluding hydrogens is 494 g/mol. The lowest BCUT2D eigenvalue weighted by molar-refractivity contribution is 0.0547. The number of benzene rings is 2. The van der Waals surface area contributed by atoms with E-state index in [1.165, 1.54) is 4.88 Å². The van der Waals surface area contributed by atoms with Crippen molar-refractivity contribution in [3.05, 3.63) is 80.5 Å². The first-order chi connectivity index (χ1) is 17.2. The number of aromatic nitrogens is 1. The highest BCUT2D eigenvalue weighted by Crippen LogP contribution is 2.37. The molecule has 0 bridgehead atoms. The van der Waals surface area contributed by atoms with Gasteiger partial charge in [0, 0.05) is 46.0 Å². The molecule has 1 aliphatic rings. The summed E-state index contributed by atoms with van der Waals surface area (Å²) in [5.41, 5.74) is 3.68. The lowest BCUT2D eigenvalue weighted by Crippen LogP contribution is -2.27. The predicted molar refractivity (Wildman–Crippen MR) is 145 cm³/mol. The van der Waals surface area contributed by atoms with Gasteiger partial charge in [-0.25, -0.2) is 9.36 Å². The molecule has 2 aromatic carbocycles. The summed E-state index contributed by atoms with van der Waals surface area (Å²) in [4.78, 5) is 27.5. The Morgan fingerprint density at radius 1 is 1.19 bits per heavy atom. The van der Waals surface area contributed by atoms with Crippen molar-refractivity contribution in [3.63, 3.8) is 0 Å². The quantitative estimate of drug-likeness (QED) is 0.289. The van der Waals surface area contributed by atoms with Gasteiger partial charge >= 0.3 is 6.09 Å². The Hall–Kier alpha value is -3.13. The van der Waals surface area contributed by atoms with Crippen LogP contribution in [0.2, 0.25) is 5.02 Å². The molecule has 3 heterocycles. The van der Waals surface area contributed by atoms with Crippen LogP contribution in [0.5, 0.6) is 0 Å². The smallest absolute Gasteiger partial charge is 0.419 e. The van der Waals surface area contributed by atoms with E-state index >= 15 is 0 Å². The number of thiophene rings is 1. The van der Waals surface area contributed by atoms with Gasteiger partial charge in [0.1, 0.15) is 5.60 Å². The molecule has 0 fully saturated rings. The monoisotopic (exact) mass is 521 g/mol. The molecule has 1 amide bonds. The average Bonchev–Trinajstić information content (AvgIpc) is 3.55. The molecule has 1 aliphatic heterocycles. The summed E-state index contributed by atoms with van der Waals surface area (Å²) in [6.07, 6.45) is 0.499. The van der Waals surface area contributed by atoms with Crippen LogP contribution < -0.4 is 10.6 Å². The van der Waals surface area contributed by atoms with Gasteiger partial charge in [0.2, 0.25) is 0 Å². The Morgan fingerprint density at radius 3 is 2.78 bits per heavy atom. The lowest BCUT2D eigenvalue weighted by atomic mass is 10.00. The Morgan fingerprint density at radius 2 is 2.03 bits per heavy atom. The molecule has 0 saturated carbocycles. The number of nitrogens with one attached hydrogen (secondary N) is 2. The highest BCUT2D eigenvalue weighted by molar-refractivity contribution is 7.09. The van der Waals surface area contributed by atoms with Crippen LogP contribution in [0.4, 0.5) is 4.79 Å². The van der Waals surface area contributed by atoms with Crippen molar-refractivity contribution in [1.29, 1.82) is 0 Å². The minimum Gasteiger partial charge on any atom is -0.443 e. The molecule has 4 aromatic rings. The van der Waals surface area contributed by atoms with E-state index in [2.05, 4.69) is 34.2 Å². The molecule has 0 saturated heterocycles. The van der Waals surface area contributed by atoms with Crippen molar-refractivity contribution in [1.82, 2.24) is 15.2 Å². The van der Waals surface area contributed by atoms with E-state index in [1.807, 2.05) is 39.0 Å². The molecule has 6 nitrogen and oxygen atoms in total. The van der Waals surface area contributed by atoms with Gasteiger partial charge < -0.3 is 15.4 Å². The maximum absolute atomic E-state index is 13.4. The number of carbonyl (C=O) groups excluding carboxylic acids is 2. The van der Waals surface area contributed by atoms with Gasteiger partial charge in [0.05, 0.1) is 16.8 Å². The van der Waals surface area contributed by atoms with Crippen molar-refractivity contribution in [2.45, 2.75) is 45.9 Å². The fourth-order valence-corrected chi connectivity index (χ4v) is 5.43. The predicted octanol–water partition coefficient (Wildman–Crippen LogP) is 6.38. The van der Waals surface area contributed by atoms with Crippen LogP contribution in [0.25, 0.3) is 22.2 Å². The van der Waals surface area contributed by atoms with E-state index in [0.717, 1.165) is 35.0 Å². The van der Waals surface area contributed by atoms with Gasteiger partial charge in [-0.15, -0.1) is 11.3 Å². The van der Waals surface area contributed by atoms with Crippen LogP contribution in [0.15, 0.2) is 53.9 Å². The third-order valence-corrected chi connectivity index (χ3v) is 7.37. The Bertz CT molecular complexity index is 1450. The number of hydrogen-bond donors (Lipinski definition) is 2. The highest BCUT2D eigenvalue weighted by Gasteiger charge is 2.29. The molecule has 0 radical (unpaired) electrons. The zero-order chi connectivity index (χ0) is 25.4. The summed E-state index contributed by atoms with van der Waals surface area (Å²) >= 11 is 8.15. The summed E-state index contributed by atoms with van der Waals surface area (Å²) in [6.45, 7) is 7.48. The maximum atomic E-state index is 13.4. The van der Waals surface area contributed by atoms with Crippen molar-refractivity contribution in [3.8, 4) is 11.3 Å². The number of fused-ring (bicyclic) bond motifs is 2. The Kier molecular flexibility index (Phi) is 6.64. The minimum absolute atomic E-state index is 0.195. The standard InChI is InChI=1S/C28H28ClN3O3S/c1-28(2,3)35-27(34)32-23-9-6-17(15-30-11-10-19-5-4-12-36-19)13-18(23)14-24(32)20-7-8-22(29)21-16-31-26(33)25(20)21/h4-9,12-14,30H,10-11,15-16H2,1-3H3,(H,31,33). The average molecular weight is 522 g/mol. The number of rotatable bonds is 6. The molecule has 186 valence electrons. The lowest BCUT2D eigenvalue weighted by Gasteiger charge is -2.21. The zero-order valence-electron chi connectivity index (χ0n) is 20.5. The molecule has 2 aromatic heterocycles. The molecule has 36 heavy (non-hydrogen) atoms. The molecule has 0 spiro atoms. The fraction of sp³-hybridized carbons (Fsp3) is 0.286. The van der Waals surface area contributed by atoms with Gasteiger partial charge in [-0.2, -0.15) is 0 Å². The Labute approximate surface area is 219 Å². The number of carbonyl (C=O) groups is 2. The van der Waals surface area contributed by atoms with Crippen molar-refractivity contribution in [2.75, 3.05) is 6.54 Å². The van der Waals surface area contributed by atoms with E-state index in [-0.39, 0.29) is 5.91 Å². The van der Waals surface area contributed by atoms with Crippen LogP contribution >= 0.6 is 22.9 Å². The van der Waals surface area contributed by atoms with Crippen molar-refractivity contribution < 1.29 is 14.3 Å². The van der Waals surface area contributed by atoms with E-state index in [0.29, 0.717) is 34.9 Å².